The van der Waals surface area contributed by atoms with Gasteiger partial charge >= 0.3 is 0 Å². The fourth-order valence-electron chi connectivity index (χ4n) is 1.67. The third-order valence-electron chi connectivity index (χ3n) is 2.72. The molecule has 20 heavy (non-hydrogen) atoms. The number of nitrogens with one attached hydrogen (secondary N) is 1. The SMILES string of the molecule is Cc1ccc(Br)cc1C(=O)Nc1cc(Cl)c(O)c(Cl)c1. The highest BCUT2D eigenvalue weighted by Crippen LogP contribution is 2.34. The van der Waals surface area contributed by atoms with E-state index < -0.39 is 0 Å². The molecule has 0 saturated carbocycles. The van der Waals surface area contributed by atoms with Crippen LogP contribution in [0.4, 0.5) is 5.69 Å². The number of aromatic hydroxyl groups is 1. The topological polar surface area (TPSA) is 49.3 Å². The molecule has 2 rings (SSSR count). The van der Waals surface area contributed by atoms with Gasteiger partial charge in [0.2, 0.25) is 0 Å². The summed E-state index contributed by atoms with van der Waals surface area (Å²) >= 11 is 15.0. The average molecular weight is 375 g/mol. The lowest BCUT2D eigenvalue weighted by atomic mass is 10.1. The lowest BCUT2D eigenvalue weighted by molar-refractivity contribution is 0.102. The molecule has 2 N–H and O–H groups in total. The molecule has 3 nitrogen and oxygen atoms in total. The Morgan fingerprint density at radius 3 is 2.40 bits per heavy atom. The molecule has 0 aromatic heterocycles. The van der Waals surface area contributed by atoms with E-state index in [-0.39, 0.29) is 21.7 Å². The van der Waals surface area contributed by atoms with E-state index in [4.69, 9.17) is 23.2 Å². The van der Waals surface area contributed by atoms with Crippen LogP contribution in [0.5, 0.6) is 5.75 Å². The Labute approximate surface area is 134 Å². The number of anilines is 1. The number of benzene rings is 2. The minimum atomic E-state index is -0.276. The van der Waals surface area contributed by atoms with Crippen molar-refractivity contribution in [3.05, 3.63) is 56.0 Å². The molecule has 0 aliphatic heterocycles. The van der Waals surface area contributed by atoms with Crippen molar-refractivity contribution in [2.75, 3.05) is 5.32 Å². The molecule has 2 aromatic carbocycles. The number of phenols is 1. The van der Waals surface area contributed by atoms with Gasteiger partial charge in [0.05, 0.1) is 10.0 Å². The molecule has 0 aliphatic carbocycles. The minimum Gasteiger partial charge on any atom is -0.505 e. The molecule has 0 fully saturated rings. The van der Waals surface area contributed by atoms with Gasteiger partial charge in [-0.15, -0.1) is 0 Å². The second-order valence-corrected chi connectivity index (χ2v) is 5.93. The van der Waals surface area contributed by atoms with Crippen molar-refractivity contribution in [2.24, 2.45) is 0 Å². The number of halogens is 3. The van der Waals surface area contributed by atoms with Gasteiger partial charge in [-0.3, -0.25) is 4.79 Å². The predicted octanol–water partition coefficient (Wildman–Crippen LogP) is 5.02. The Balaban J connectivity index is 2.30. The summed E-state index contributed by atoms with van der Waals surface area (Å²) in [6.45, 7) is 1.85. The molecule has 0 unspecified atom stereocenters. The number of carbonyl (C=O) groups is 1. The van der Waals surface area contributed by atoms with E-state index in [0.29, 0.717) is 11.3 Å². The maximum Gasteiger partial charge on any atom is 0.255 e. The summed E-state index contributed by atoms with van der Waals surface area (Å²) in [7, 11) is 0. The first-order chi connectivity index (χ1) is 9.38. The summed E-state index contributed by atoms with van der Waals surface area (Å²) in [5, 5.41) is 12.3. The van der Waals surface area contributed by atoms with Crippen molar-refractivity contribution in [3.8, 4) is 5.75 Å². The molecule has 0 bridgehead atoms. The first-order valence-corrected chi connectivity index (χ1v) is 7.19. The van der Waals surface area contributed by atoms with Gasteiger partial charge in [0.25, 0.3) is 5.91 Å². The van der Waals surface area contributed by atoms with E-state index in [1.54, 1.807) is 6.07 Å². The molecule has 0 heterocycles. The van der Waals surface area contributed by atoms with Gasteiger partial charge < -0.3 is 10.4 Å². The third-order valence-corrected chi connectivity index (χ3v) is 3.79. The van der Waals surface area contributed by atoms with E-state index in [2.05, 4.69) is 21.2 Å². The Morgan fingerprint density at radius 2 is 1.80 bits per heavy atom. The molecule has 1 amide bonds. The number of phenolic OH excluding ortho intramolecular Hbond substituents is 1. The zero-order chi connectivity index (χ0) is 14.9. The summed E-state index contributed by atoms with van der Waals surface area (Å²) < 4.78 is 0.815. The molecule has 0 atom stereocenters. The zero-order valence-corrected chi connectivity index (χ0v) is 13.5. The average Bonchev–Trinajstić information content (AvgIpc) is 2.38. The largest absolute Gasteiger partial charge is 0.505 e. The highest BCUT2D eigenvalue weighted by Gasteiger charge is 2.12. The Kier molecular flexibility index (Phi) is 4.58. The van der Waals surface area contributed by atoms with E-state index in [1.165, 1.54) is 12.1 Å². The third kappa shape index (κ3) is 3.26. The van der Waals surface area contributed by atoms with Gasteiger partial charge in [0.15, 0.2) is 5.75 Å². The molecular formula is C14H10BrCl2NO2. The van der Waals surface area contributed by atoms with E-state index in [0.717, 1.165) is 10.0 Å². The molecule has 0 spiro atoms. The molecule has 0 saturated heterocycles. The van der Waals surface area contributed by atoms with Crippen LogP contribution in [0.25, 0.3) is 0 Å². The van der Waals surface area contributed by atoms with Crippen molar-refractivity contribution in [3.63, 3.8) is 0 Å². The lowest BCUT2D eigenvalue weighted by Crippen LogP contribution is -2.13. The predicted molar refractivity (Wildman–Crippen MR) is 85.0 cm³/mol. The molecular weight excluding hydrogens is 365 g/mol. The Bertz CT molecular complexity index is 666. The molecule has 6 heteroatoms. The maximum atomic E-state index is 12.2. The standard InChI is InChI=1S/C14H10BrCl2NO2/c1-7-2-3-8(15)4-10(7)14(20)18-9-5-11(16)13(19)12(17)6-9/h2-6,19H,1H3,(H,18,20). The summed E-state index contributed by atoms with van der Waals surface area (Å²) in [5.74, 6) is -0.480. The second-order valence-electron chi connectivity index (χ2n) is 4.20. The lowest BCUT2D eigenvalue weighted by Gasteiger charge is -2.10. The molecule has 2 aromatic rings. The zero-order valence-electron chi connectivity index (χ0n) is 10.4. The number of carbonyl (C=O) groups excluding carboxylic acids is 1. The molecule has 0 aliphatic rings. The normalized spacial score (nSPS) is 10.4. The van der Waals surface area contributed by atoms with Crippen LogP contribution in [0.1, 0.15) is 15.9 Å². The van der Waals surface area contributed by atoms with E-state index in [1.807, 2.05) is 19.1 Å². The van der Waals surface area contributed by atoms with Gasteiger partial charge in [-0.2, -0.15) is 0 Å². The van der Waals surface area contributed by atoms with Crippen LogP contribution in [-0.2, 0) is 0 Å². The summed E-state index contributed by atoms with van der Waals surface area (Å²) in [4.78, 5) is 12.2. The van der Waals surface area contributed by atoms with Gasteiger partial charge in [0.1, 0.15) is 0 Å². The van der Waals surface area contributed by atoms with Gasteiger partial charge in [-0.1, -0.05) is 45.2 Å². The van der Waals surface area contributed by atoms with E-state index >= 15 is 0 Å². The van der Waals surface area contributed by atoms with Crippen LogP contribution in [0, 0.1) is 6.92 Å². The number of aryl methyl sites for hydroxylation is 1. The molecule has 104 valence electrons. The first kappa shape index (κ1) is 15.2. The smallest absolute Gasteiger partial charge is 0.255 e. The van der Waals surface area contributed by atoms with Crippen LogP contribution < -0.4 is 5.32 Å². The van der Waals surface area contributed by atoms with Gasteiger partial charge in [-0.05, 0) is 36.8 Å². The van der Waals surface area contributed by atoms with Crippen molar-refractivity contribution in [1.29, 1.82) is 0 Å². The number of hydrogen-bond acceptors (Lipinski definition) is 2. The summed E-state index contributed by atoms with van der Waals surface area (Å²) in [5.41, 5.74) is 1.81. The number of rotatable bonds is 2. The van der Waals surface area contributed by atoms with Crippen molar-refractivity contribution >= 4 is 50.7 Å². The summed E-state index contributed by atoms with van der Waals surface area (Å²) in [6.07, 6.45) is 0. The highest BCUT2D eigenvalue weighted by molar-refractivity contribution is 9.10. The van der Waals surface area contributed by atoms with Crippen LogP contribution in [-0.4, -0.2) is 11.0 Å². The Morgan fingerprint density at radius 1 is 1.20 bits per heavy atom. The minimum absolute atomic E-state index is 0.0822. The highest BCUT2D eigenvalue weighted by atomic mass is 79.9. The molecule has 0 radical (unpaired) electrons. The van der Waals surface area contributed by atoms with Crippen LogP contribution in [0.15, 0.2) is 34.8 Å². The van der Waals surface area contributed by atoms with E-state index in [9.17, 15) is 9.90 Å². The fourth-order valence-corrected chi connectivity index (χ4v) is 2.52. The quantitative estimate of drug-likeness (QED) is 0.725. The van der Waals surface area contributed by atoms with Gasteiger partial charge in [0, 0.05) is 15.7 Å². The Hall–Kier alpha value is -1.23. The fraction of sp³-hybridized carbons (Fsp3) is 0.0714. The first-order valence-electron chi connectivity index (χ1n) is 5.64. The van der Waals surface area contributed by atoms with Crippen LogP contribution >= 0.6 is 39.1 Å². The van der Waals surface area contributed by atoms with Crippen molar-refractivity contribution in [1.82, 2.24) is 0 Å². The second kappa shape index (κ2) is 6.04. The van der Waals surface area contributed by atoms with Gasteiger partial charge in [-0.25, -0.2) is 0 Å². The maximum absolute atomic E-state index is 12.2. The number of amides is 1. The van der Waals surface area contributed by atoms with Crippen molar-refractivity contribution < 1.29 is 9.90 Å². The number of hydrogen-bond donors (Lipinski definition) is 2. The van der Waals surface area contributed by atoms with Crippen molar-refractivity contribution in [2.45, 2.75) is 6.92 Å². The van der Waals surface area contributed by atoms with Crippen LogP contribution in [0.2, 0.25) is 10.0 Å². The monoisotopic (exact) mass is 373 g/mol. The van der Waals surface area contributed by atoms with Crippen LogP contribution in [0.3, 0.4) is 0 Å². The summed E-state index contributed by atoms with van der Waals surface area (Å²) in [6, 6.07) is 8.31.